The number of amides is 5. The molecule has 0 radical (unpaired) electrons. The number of hydrazine groups is 1. The lowest BCUT2D eigenvalue weighted by Gasteiger charge is -2.19. The molecule has 14 nitrogen and oxygen atoms in total. The molecule has 2 aromatic rings. The Hall–Kier alpha value is -4.45. The van der Waals surface area contributed by atoms with Crippen LogP contribution in [0.4, 0.5) is 28.6 Å². The zero-order valence-electron chi connectivity index (χ0n) is 25.5. The SMILES string of the molecule is CCNC(=O)Nc1cc(C2=NC(C(F)(F)F)CS2)c(-c2ccnc(C(=O)NNC(=O)CCOCCNC(=O)OC(C)(C)C)c2)cn1. The van der Waals surface area contributed by atoms with Crippen LogP contribution in [0.3, 0.4) is 0 Å². The van der Waals surface area contributed by atoms with Crippen molar-refractivity contribution >= 4 is 46.6 Å². The zero-order valence-corrected chi connectivity index (χ0v) is 26.4. The smallest absolute Gasteiger partial charge is 0.411 e. The number of aromatic nitrogens is 2. The number of anilines is 1. The van der Waals surface area contributed by atoms with Crippen molar-refractivity contribution < 1.29 is 41.8 Å². The summed E-state index contributed by atoms with van der Waals surface area (Å²) in [5.41, 5.74) is 4.76. The van der Waals surface area contributed by atoms with Crippen molar-refractivity contribution in [3.8, 4) is 11.1 Å². The molecule has 250 valence electrons. The minimum atomic E-state index is -4.53. The first kappa shape index (κ1) is 36.0. The predicted molar refractivity (Wildman–Crippen MR) is 164 cm³/mol. The van der Waals surface area contributed by atoms with E-state index in [0.717, 1.165) is 11.8 Å². The number of alkyl carbamates (subject to hydrolysis) is 1. The molecule has 0 fully saturated rings. The lowest BCUT2D eigenvalue weighted by molar-refractivity contribution is -0.141. The Balaban J connectivity index is 1.63. The van der Waals surface area contributed by atoms with Crippen LogP contribution < -0.4 is 26.8 Å². The Kier molecular flexibility index (Phi) is 12.7. The number of hydrogen-bond acceptors (Lipinski definition) is 10. The van der Waals surface area contributed by atoms with Crippen LogP contribution in [-0.4, -0.2) is 88.8 Å². The molecule has 1 aliphatic rings. The Morgan fingerprint density at radius 2 is 1.78 bits per heavy atom. The highest BCUT2D eigenvalue weighted by Gasteiger charge is 2.43. The number of aliphatic imine (C=N–C) groups is 1. The first-order chi connectivity index (χ1) is 21.7. The highest BCUT2D eigenvalue weighted by Crippen LogP contribution is 2.36. The molecule has 0 spiro atoms. The van der Waals surface area contributed by atoms with Crippen molar-refractivity contribution in [3.05, 3.63) is 41.9 Å². The molecule has 2 aromatic heterocycles. The van der Waals surface area contributed by atoms with Gasteiger partial charge in [-0.1, -0.05) is 0 Å². The number of nitrogens with zero attached hydrogens (tertiary/aromatic N) is 3. The number of nitrogens with one attached hydrogen (secondary N) is 5. The third kappa shape index (κ3) is 11.5. The molecule has 0 saturated carbocycles. The number of rotatable bonds is 11. The maximum atomic E-state index is 13.4. The number of alkyl halides is 3. The van der Waals surface area contributed by atoms with Crippen LogP contribution in [0.15, 0.2) is 35.6 Å². The topological polar surface area (TPSA) is 185 Å². The van der Waals surface area contributed by atoms with Gasteiger partial charge in [-0.3, -0.25) is 35.7 Å². The van der Waals surface area contributed by atoms with Gasteiger partial charge in [-0.25, -0.2) is 14.6 Å². The monoisotopic (exact) mass is 668 g/mol. The first-order valence-electron chi connectivity index (χ1n) is 14.1. The summed E-state index contributed by atoms with van der Waals surface area (Å²) in [7, 11) is 0. The molecule has 0 saturated heterocycles. The Morgan fingerprint density at radius 1 is 1.02 bits per heavy atom. The van der Waals surface area contributed by atoms with Crippen molar-refractivity contribution in [3.63, 3.8) is 0 Å². The summed E-state index contributed by atoms with van der Waals surface area (Å²) in [5, 5.41) is 7.68. The summed E-state index contributed by atoms with van der Waals surface area (Å²) in [6, 6.07) is 1.87. The fourth-order valence-corrected chi connectivity index (χ4v) is 4.83. The van der Waals surface area contributed by atoms with E-state index in [1.54, 1.807) is 27.7 Å². The molecule has 5 N–H and O–H groups in total. The van der Waals surface area contributed by atoms with Gasteiger partial charge in [0.05, 0.1) is 24.7 Å². The second-order valence-electron chi connectivity index (χ2n) is 10.6. The summed E-state index contributed by atoms with van der Waals surface area (Å²) in [5.74, 6) is -1.54. The molecule has 0 bridgehead atoms. The average molecular weight is 669 g/mol. The normalized spacial score (nSPS) is 14.6. The van der Waals surface area contributed by atoms with Crippen LogP contribution in [0.5, 0.6) is 0 Å². The highest BCUT2D eigenvalue weighted by atomic mass is 32.2. The van der Waals surface area contributed by atoms with Gasteiger partial charge in [0.2, 0.25) is 5.91 Å². The van der Waals surface area contributed by atoms with Crippen molar-refractivity contribution in [1.82, 2.24) is 31.5 Å². The van der Waals surface area contributed by atoms with Gasteiger partial charge in [0, 0.05) is 42.4 Å². The molecule has 0 aliphatic carbocycles. The first-order valence-corrected chi connectivity index (χ1v) is 15.1. The van der Waals surface area contributed by atoms with Gasteiger partial charge in [-0.15, -0.1) is 11.8 Å². The van der Waals surface area contributed by atoms with Crippen LogP contribution in [-0.2, 0) is 14.3 Å². The molecule has 5 amide bonds. The number of halogens is 3. The predicted octanol–water partition coefficient (Wildman–Crippen LogP) is 3.40. The summed E-state index contributed by atoms with van der Waals surface area (Å²) in [6.45, 7) is 7.60. The third-order valence-electron chi connectivity index (χ3n) is 5.75. The van der Waals surface area contributed by atoms with Crippen LogP contribution in [0.2, 0.25) is 0 Å². The Morgan fingerprint density at radius 3 is 2.46 bits per heavy atom. The second-order valence-corrected chi connectivity index (χ2v) is 11.6. The van der Waals surface area contributed by atoms with E-state index in [2.05, 4.69) is 41.8 Å². The molecule has 1 atom stereocenters. The minimum Gasteiger partial charge on any atom is -0.444 e. The van der Waals surface area contributed by atoms with Crippen molar-refractivity contribution in [2.75, 3.05) is 37.4 Å². The van der Waals surface area contributed by atoms with Crippen LogP contribution >= 0.6 is 11.8 Å². The molecule has 3 heterocycles. The van der Waals surface area contributed by atoms with E-state index in [-0.39, 0.29) is 54.1 Å². The third-order valence-corrected chi connectivity index (χ3v) is 6.83. The molecule has 1 unspecified atom stereocenters. The van der Waals surface area contributed by atoms with Gasteiger partial charge in [-0.05, 0) is 51.5 Å². The molecular weight excluding hydrogens is 633 g/mol. The van der Waals surface area contributed by atoms with E-state index in [4.69, 9.17) is 9.47 Å². The van der Waals surface area contributed by atoms with Crippen LogP contribution in [0.25, 0.3) is 11.1 Å². The van der Waals surface area contributed by atoms with E-state index >= 15 is 0 Å². The highest BCUT2D eigenvalue weighted by molar-refractivity contribution is 8.14. The molecule has 1 aliphatic heterocycles. The number of ether oxygens (including phenoxy) is 2. The summed E-state index contributed by atoms with van der Waals surface area (Å²) < 4.78 is 50.5. The maximum Gasteiger partial charge on any atom is 0.411 e. The Labute approximate surface area is 267 Å². The van der Waals surface area contributed by atoms with Crippen molar-refractivity contribution in [1.29, 1.82) is 0 Å². The van der Waals surface area contributed by atoms with Gasteiger partial charge < -0.3 is 20.1 Å². The van der Waals surface area contributed by atoms with Gasteiger partial charge in [0.25, 0.3) is 5.91 Å². The van der Waals surface area contributed by atoms with E-state index in [9.17, 15) is 32.3 Å². The Bertz CT molecular complexity index is 1450. The number of urea groups is 1. The zero-order chi connectivity index (χ0) is 33.9. The number of carbonyl (C=O) groups is 4. The van der Waals surface area contributed by atoms with Crippen molar-refractivity contribution in [2.45, 2.75) is 51.9 Å². The van der Waals surface area contributed by atoms with Gasteiger partial charge in [0.1, 0.15) is 17.1 Å². The summed E-state index contributed by atoms with van der Waals surface area (Å²) in [4.78, 5) is 60.6. The fourth-order valence-electron chi connectivity index (χ4n) is 3.72. The molecule has 3 rings (SSSR count). The molecule has 0 aromatic carbocycles. The maximum absolute atomic E-state index is 13.4. The number of carbonyl (C=O) groups excluding carboxylic acids is 4. The van der Waals surface area contributed by atoms with E-state index in [1.807, 2.05) is 0 Å². The summed E-state index contributed by atoms with van der Waals surface area (Å²) >= 11 is 0.910. The van der Waals surface area contributed by atoms with E-state index in [0.29, 0.717) is 17.7 Å². The standard InChI is InChI=1S/C28H35F3N8O6S/c1-5-32-25(42)37-21-13-17(24-36-20(15-46-24)28(29,30)31)18(14-35-21)16-6-8-33-19(12-16)23(41)39-38-22(40)7-10-44-11-9-34-26(43)45-27(2,3)4/h6,8,12-14,20H,5,7,9-11,15H2,1-4H3,(H,34,43)(H,38,40)(H,39,41)(H2,32,35,37,42). The largest absolute Gasteiger partial charge is 0.444 e. The molecule has 18 heteroatoms. The minimum absolute atomic E-state index is 0.0171. The van der Waals surface area contributed by atoms with Crippen LogP contribution in [0, 0.1) is 0 Å². The lowest BCUT2D eigenvalue weighted by Crippen LogP contribution is -2.42. The molecular formula is C28H35F3N8O6S. The van der Waals surface area contributed by atoms with E-state index < -0.39 is 41.8 Å². The lowest BCUT2D eigenvalue weighted by atomic mass is 10.0. The van der Waals surface area contributed by atoms with Crippen LogP contribution in [0.1, 0.15) is 50.2 Å². The van der Waals surface area contributed by atoms with Gasteiger partial charge in [-0.2, -0.15) is 13.2 Å². The molecule has 46 heavy (non-hydrogen) atoms. The average Bonchev–Trinajstić information content (AvgIpc) is 3.48. The van der Waals surface area contributed by atoms with Gasteiger partial charge in [0.15, 0.2) is 6.04 Å². The van der Waals surface area contributed by atoms with E-state index in [1.165, 1.54) is 30.6 Å². The number of thioether (sulfide) groups is 1. The number of hydrogen-bond donors (Lipinski definition) is 5. The summed E-state index contributed by atoms with van der Waals surface area (Å²) in [6.07, 6.45) is -2.54. The quantitative estimate of drug-likeness (QED) is 0.177. The van der Waals surface area contributed by atoms with Crippen molar-refractivity contribution in [2.24, 2.45) is 4.99 Å². The second kappa shape index (κ2) is 16.2. The number of pyridine rings is 2. The van der Waals surface area contributed by atoms with Gasteiger partial charge >= 0.3 is 18.3 Å². The fraction of sp³-hybridized carbons (Fsp3) is 0.464.